The van der Waals surface area contributed by atoms with E-state index in [-0.39, 0.29) is 5.78 Å². The van der Waals surface area contributed by atoms with Crippen molar-refractivity contribution in [2.45, 2.75) is 38.5 Å². The van der Waals surface area contributed by atoms with Gasteiger partial charge < -0.3 is 0 Å². The summed E-state index contributed by atoms with van der Waals surface area (Å²) >= 11 is 0. The van der Waals surface area contributed by atoms with Crippen LogP contribution in [0.3, 0.4) is 0 Å². The maximum atomic E-state index is 12.2. The predicted octanol–water partition coefficient (Wildman–Crippen LogP) is 3.82. The van der Waals surface area contributed by atoms with Crippen molar-refractivity contribution in [3.8, 4) is 12.3 Å². The van der Waals surface area contributed by atoms with Gasteiger partial charge in [-0.3, -0.25) is 4.79 Å². The van der Waals surface area contributed by atoms with E-state index in [9.17, 15) is 4.79 Å². The molecule has 0 bridgehead atoms. The zero-order valence-corrected chi connectivity index (χ0v) is 10.1. The summed E-state index contributed by atoms with van der Waals surface area (Å²) in [5.41, 5.74) is 1.45. The second-order valence-electron chi connectivity index (χ2n) is 4.82. The van der Waals surface area contributed by atoms with Gasteiger partial charge in [-0.2, -0.15) is 0 Å². The number of rotatable bonds is 3. The molecule has 88 valence electrons. The lowest BCUT2D eigenvalue weighted by Crippen LogP contribution is -2.13. The molecule has 0 N–H and O–H groups in total. The van der Waals surface area contributed by atoms with Crippen molar-refractivity contribution >= 4 is 5.78 Å². The minimum absolute atomic E-state index is 0.213. The van der Waals surface area contributed by atoms with Crippen LogP contribution in [0.4, 0.5) is 0 Å². The first-order chi connectivity index (χ1) is 8.31. The van der Waals surface area contributed by atoms with Crippen LogP contribution in [0.5, 0.6) is 0 Å². The normalized spacial score (nSPS) is 16.4. The summed E-state index contributed by atoms with van der Waals surface area (Å²) in [6.07, 6.45) is 12.4. The van der Waals surface area contributed by atoms with E-state index < -0.39 is 0 Å². The second kappa shape index (κ2) is 5.68. The molecular weight excluding hydrogens is 208 g/mol. The highest BCUT2D eigenvalue weighted by molar-refractivity contribution is 5.98. The van der Waals surface area contributed by atoms with Crippen molar-refractivity contribution in [2.24, 2.45) is 5.92 Å². The Hall–Kier alpha value is -1.55. The van der Waals surface area contributed by atoms with E-state index in [0.29, 0.717) is 12.3 Å². The van der Waals surface area contributed by atoms with Gasteiger partial charge in [-0.05, 0) is 12.0 Å². The molecule has 1 nitrogen and oxygen atoms in total. The number of carbonyl (C=O) groups excluding carboxylic acids is 1. The molecule has 1 aromatic carbocycles. The van der Waals surface area contributed by atoms with Gasteiger partial charge in [0.2, 0.25) is 0 Å². The predicted molar refractivity (Wildman–Crippen MR) is 69.9 cm³/mol. The summed E-state index contributed by atoms with van der Waals surface area (Å²) in [5, 5.41) is 0. The lowest BCUT2D eigenvalue weighted by atomic mass is 9.84. The van der Waals surface area contributed by atoms with E-state index in [1.165, 1.54) is 32.1 Å². The molecule has 1 heteroatoms. The monoisotopic (exact) mass is 226 g/mol. The topological polar surface area (TPSA) is 17.1 Å². The molecule has 0 heterocycles. The molecule has 0 radical (unpaired) electrons. The second-order valence-corrected chi connectivity index (χ2v) is 4.82. The largest absolute Gasteiger partial charge is 0.294 e. The summed E-state index contributed by atoms with van der Waals surface area (Å²) in [5.74, 6) is 3.38. The average Bonchev–Trinajstić information content (AvgIpc) is 2.40. The summed E-state index contributed by atoms with van der Waals surface area (Å²) in [6, 6.07) is 7.45. The van der Waals surface area contributed by atoms with Crippen molar-refractivity contribution in [2.75, 3.05) is 0 Å². The fraction of sp³-hybridized carbons (Fsp3) is 0.438. The van der Waals surface area contributed by atoms with Crippen LogP contribution in [-0.4, -0.2) is 5.78 Å². The molecule has 1 aromatic rings. The fourth-order valence-electron chi connectivity index (χ4n) is 2.62. The molecule has 0 amide bonds. The first-order valence-electron chi connectivity index (χ1n) is 6.40. The molecule has 1 saturated carbocycles. The summed E-state index contributed by atoms with van der Waals surface area (Å²) in [4.78, 5) is 12.2. The summed E-state index contributed by atoms with van der Waals surface area (Å²) in [7, 11) is 0. The van der Waals surface area contributed by atoms with E-state index >= 15 is 0 Å². The minimum atomic E-state index is 0.213. The zero-order chi connectivity index (χ0) is 12.1. The van der Waals surface area contributed by atoms with E-state index in [4.69, 9.17) is 6.42 Å². The van der Waals surface area contributed by atoms with Crippen LogP contribution in [0.15, 0.2) is 24.3 Å². The summed E-state index contributed by atoms with van der Waals surface area (Å²) < 4.78 is 0. The van der Waals surface area contributed by atoms with Crippen LogP contribution >= 0.6 is 0 Å². The molecule has 1 aliphatic rings. The van der Waals surface area contributed by atoms with Crippen molar-refractivity contribution in [1.29, 1.82) is 0 Å². The first-order valence-corrected chi connectivity index (χ1v) is 6.40. The van der Waals surface area contributed by atoms with Crippen LogP contribution in [0.25, 0.3) is 0 Å². The van der Waals surface area contributed by atoms with E-state index in [0.717, 1.165) is 11.1 Å². The number of benzene rings is 1. The van der Waals surface area contributed by atoms with Gasteiger partial charge in [0.15, 0.2) is 5.78 Å². The van der Waals surface area contributed by atoms with Gasteiger partial charge in [0.1, 0.15) is 0 Å². The quantitative estimate of drug-likeness (QED) is 0.565. The van der Waals surface area contributed by atoms with Crippen LogP contribution in [0, 0.1) is 18.3 Å². The standard InChI is InChI=1S/C16H18O/c1-2-14-10-6-7-11-15(14)16(17)12-13-8-4-3-5-9-13/h1,6-7,10-11,13H,3-5,8-9,12H2. The fourth-order valence-corrected chi connectivity index (χ4v) is 2.62. The molecule has 0 saturated heterocycles. The van der Waals surface area contributed by atoms with Gasteiger partial charge in [0.25, 0.3) is 0 Å². The maximum Gasteiger partial charge on any atom is 0.164 e. The Balaban J connectivity index is 2.06. The third-order valence-corrected chi connectivity index (χ3v) is 3.58. The van der Waals surface area contributed by atoms with E-state index in [1.54, 1.807) is 0 Å². The molecule has 1 aliphatic carbocycles. The highest BCUT2D eigenvalue weighted by atomic mass is 16.1. The van der Waals surface area contributed by atoms with Crippen LogP contribution in [-0.2, 0) is 0 Å². The molecule has 0 aromatic heterocycles. The Morgan fingerprint density at radius 2 is 1.94 bits per heavy atom. The average molecular weight is 226 g/mol. The summed E-state index contributed by atoms with van der Waals surface area (Å²) in [6.45, 7) is 0. The Labute approximate surface area is 103 Å². The van der Waals surface area contributed by atoms with E-state index in [2.05, 4.69) is 5.92 Å². The third-order valence-electron chi connectivity index (χ3n) is 3.58. The molecule has 1 fully saturated rings. The number of ketones is 1. The van der Waals surface area contributed by atoms with Crippen LogP contribution in [0.1, 0.15) is 54.4 Å². The Morgan fingerprint density at radius 1 is 1.24 bits per heavy atom. The van der Waals surface area contributed by atoms with Crippen molar-refractivity contribution in [3.63, 3.8) is 0 Å². The Kier molecular flexibility index (Phi) is 3.98. The lowest BCUT2D eigenvalue weighted by molar-refractivity contribution is 0.0950. The molecule has 0 aliphatic heterocycles. The van der Waals surface area contributed by atoms with Gasteiger partial charge >= 0.3 is 0 Å². The van der Waals surface area contributed by atoms with Gasteiger partial charge in [0.05, 0.1) is 0 Å². The van der Waals surface area contributed by atoms with Crippen molar-refractivity contribution < 1.29 is 4.79 Å². The van der Waals surface area contributed by atoms with Crippen molar-refractivity contribution in [3.05, 3.63) is 35.4 Å². The van der Waals surface area contributed by atoms with Gasteiger partial charge in [-0.25, -0.2) is 0 Å². The Bertz CT molecular complexity index is 433. The third kappa shape index (κ3) is 2.97. The first kappa shape index (κ1) is 11.9. The van der Waals surface area contributed by atoms with Gasteiger partial charge in [0, 0.05) is 17.5 Å². The highest BCUT2D eigenvalue weighted by Gasteiger charge is 2.19. The van der Waals surface area contributed by atoms with Gasteiger partial charge in [-0.1, -0.05) is 56.2 Å². The molecule has 0 unspecified atom stereocenters. The number of hydrogen-bond donors (Lipinski definition) is 0. The van der Waals surface area contributed by atoms with Crippen LogP contribution in [0.2, 0.25) is 0 Å². The maximum absolute atomic E-state index is 12.2. The number of carbonyl (C=O) groups is 1. The smallest absolute Gasteiger partial charge is 0.164 e. The van der Waals surface area contributed by atoms with Crippen molar-refractivity contribution in [1.82, 2.24) is 0 Å². The molecule has 2 rings (SSSR count). The lowest BCUT2D eigenvalue weighted by Gasteiger charge is -2.20. The molecule has 0 atom stereocenters. The number of hydrogen-bond acceptors (Lipinski definition) is 1. The molecule has 0 spiro atoms. The number of terminal acetylenes is 1. The van der Waals surface area contributed by atoms with Gasteiger partial charge in [-0.15, -0.1) is 6.42 Å². The van der Waals surface area contributed by atoms with Crippen LogP contribution < -0.4 is 0 Å². The Morgan fingerprint density at radius 3 is 2.65 bits per heavy atom. The molecular formula is C16H18O. The minimum Gasteiger partial charge on any atom is -0.294 e. The SMILES string of the molecule is C#Cc1ccccc1C(=O)CC1CCCCC1. The van der Waals surface area contributed by atoms with E-state index in [1.807, 2.05) is 24.3 Å². The number of Topliss-reactive ketones (excluding diaryl/α,β-unsaturated/α-hetero) is 1. The zero-order valence-electron chi connectivity index (χ0n) is 10.1. The highest BCUT2D eigenvalue weighted by Crippen LogP contribution is 2.27. The molecule has 17 heavy (non-hydrogen) atoms.